The molecule has 27 heavy (non-hydrogen) atoms. The van der Waals surface area contributed by atoms with Crippen molar-refractivity contribution in [2.24, 2.45) is 0 Å². The van der Waals surface area contributed by atoms with E-state index in [9.17, 15) is 9.18 Å². The molecular formula is C20H18FN3O3. The normalized spacial score (nSPS) is 10.2. The highest BCUT2D eigenvalue weighted by Crippen LogP contribution is 2.31. The van der Waals surface area contributed by atoms with E-state index < -0.39 is 5.82 Å². The number of nitrogens with zero attached hydrogens (tertiary/aromatic N) is 1. The number of hydrogen-bond donors (Lipinski definition) is 2. The molecule has 1 aromatic heterocycles. The third-order valence-corrected chi connectivity index (χ3v) is 3.78. The lowest BCUT2D eigenvalue weighted by Gasteiger charge is -2.11. The lowest BCUT2D eigenvalue weighted by molar-refractivity contribution is 0.102. The van der Waals surface area contributed by atoms with Crippen LogP contribution >= 0.6 is 0 Å². The van der Waals surface area contributed by atoms with E-state index in [2.05, 4.69) is 15.6 Å². The summed E-state index contributed by atoms with van der Waals surface area (Å²) in [5.74, 6) is 0.888. The number of carbonyl (C=O) groups is 1. The fourth-order valence-corrected chi connectivity index (χ4v) is 2.41. The molecule has 0 bridgehead atoms. The number of amides is 1. The lowest BCUT2D eigenvalue weighted by atomic mass is 10.2. The van der Waals surface area contributed by atoms with Gasteiger partial charge in [0.15, 0.2) is 11.5 Å². The Kier molecular flexibility index (Phi) is 5.51. The number of halogens is 1. The average molecular weight is 367 g/mol. The number of pyridine rings is 1. The Hall–Kier alpha value is -3.61. The predicted octanol–water partition coefficient (Wildman–Crippen LogP) is 4.23. The van der Waals surface area contributed by atoms with Gasteiger partial charge in [0.05, 0.1) is 26.1 Å². The van der Waals surface area contributed by atoms with Gasteiger partial charge in [0.2, 0.25) is 0 Å². The summed E-state index contributed by atoms with van der Waals surface area (Å²) in [7, 11) is 3.15. The number of nitrogens with one attached hydrogen (secondary N) is 2. The number of carbonyl (C=O) groups excluding carboxylic acids is 1. The summed E-state index contributed by atoms with van der Waals surface area (Å²) in [4.78, 5) is 16.3. The van der Waals surface area contributed by atoms with Crippen molar-refractivity contribution in [2.45, 2.75) is 0 Å². The molecule has 0 saturated heterocycles. The number of rotatable bonds is 6. The van der Waals surface area contributed by atoms with Gasteiger partial charge in [-0.1, -0.05) is 0 Å². The molecule has 0 aliphatic heterocycles. The minimum atomic E-state index is -0.393. The van der Waals surface area contributed by atoms with E-state index in [1.54, 1.807) is 38.6 Å². The van der Waals surface area contributed by atoms with Gasteiger partial charge in [0.1, 0.15) is 11.6 Å². The van der Waals surface area contributed by atoms with Gasteiger partial charge in [-0.3, -0.25) is 4.79 Å². The molecule has 2 aromatic carbocycles. The van der Waals surface area contributed by atoms with E-state index in [1.807, 2.05) is 12.1 Å². The van der Waals surface area contributed by atoms with E-state index in [1.165, 1.54) is 24.3 Å². The predicted molar refractivity (Wildman–Crippen MR) is 101 cm³/mol. The summed E-state index contributed by atoms with van der Waals surface area (Å²) < 4.78 is 23.4. The molecule has 0 aliphatic carbocycles. The summed E-state index contributed by atoms with van der Waals surface area (Å²) in [6, 6.07) is 14.2. The van der Waals surface area contributed by atoms with Crippen LogP contribution in [-0.2, 0) is 0 Å². The molecule has 6 nitrogen and oxygen atoms in total. The smallest absolute Gasteiger partial charge is 0.256 e. The van der Waals surface area contributed by atoms with E-state index in [4.69, 9.17) is 9.47 Å². The molecule has 3 aromatic rings. The molecule has 0 fully saturated rings. The van der Waals surface area contributed by atoms with Gasteiger partial charge in [-0.2, -0.15) is 0 Å². The third kappa shape index (κ3) is 4.52. The SMILES string of the molecule is COc1ccc(Nc2ccc(NC(=O)c3ccc(F)cc3)nc2)cc1OC. The molecule has 0 unspecified atom stereocenters. The number of benzene rings is 2. The molecule has 0 atom stereocenters. The number of anilines is 3. The Balaban J connectivity index is 1.66. The third-order valence-electron chi connectivity index (χ3n) is 3.78. The maximum atomic E-state index is 12.9. The molecule has 7 heteroatoms. The van der Waals surface area contributed by atoms with Crippen molar-refractivity contribution in [3.8, 4) is 11.5 Å². The zero-order valence-corrected chi connectivity index (χ0v) is 14.8. The highest BCUT2D eigenvalue weighted by molar-refractivity contribution is 6.03. The second kappa shape index (κ2) is 8.18. The first-order valence-corrected chi connectivity index (χ1v) is 8.11. The van der Waals surface area contributed by atoms with Crippen molar-refractivity contribution in [1.29, 1.82) is 0 Å². The van der Waals surface area contributed by atoms with Gasteiger partial charge in [-0.15, -0.1) is 0 Å². The van der Waals surface area contributed by atoms with Crippen LogP contribution in [0.1, 0.15) is 10.4 Å². The minimum absolute atomic E-state index is 0.353. The van der Waals surface area contributed by atoms with Crippen LogP contribution in [0.25, 0.3) is 0 Å². The first kappa shape index (κ1) is 18.2. The Morgan fingerprint density at radius 3 is 2.26 bits per heavy atom. The second-order valence-corrected chi connectivity index (χ2v) is 5.59. The summed E-state index contributed by atoms with van der Waals surface area (Å²) in [5.41, 5.74) is 1.89. The molecule has 0 aliphatic rings. The fraction of sp³-hybridized carbons (Fsp3) is 0.100. The monoisotopic (exact) mass is 367 g/mol. The van der Waals surface area contributed by atoms with Crippen LogP contribution in [0.4, 0.5) is 21.6 Å². The van der Waals surface area contributed by atoms with Crippen molar-refractivity contribution in [3.05, 3.63) is 72.2 Å². The van der Waals surface area contributed by atoms with Gasteiger partial charge < -0.3 is 20.1 Å². The number of hydrogen-bond acceptors (Lipinski definition) is 5. The van der Waals surface area contributed by atoms with Gasteiger partial charge in [0.25, 0.3) is 5.91 Å². The Morgan fingerprint density at radius 1 is 0.926 bits per heavy atom. The number of methoxy groups -OCH3 is 2. The maximum absolute atomic E-state index is 12.9. The van der Waals surface area contributed by atoms with Crippen LogP contribution in [0.2, 0.25) is 0 Å². The zero-order chi connectivity index (χ0) is 19.2. The summed E-state index contributed by atoms with van der Waals surface area (Å²) >= 11 is 0. The molecule has 138 valence electrons. The van der Waals surface area contributed by atoms with Gasteiger partial charge in [0, 0.05) is 17.3 Å². The van der Waals surface area contributed by atoms with Crippen molar-refractivity contribution in [1.82, 2.24) is 4.98 Å². The van der Waals surface area contributed by atoms with Crippen molar-refractivity contribution >= 4 is 23.1 Å². The van der Waals surface area contributed by atoms with Crippen LogP contribution < -0.4 is 20.1 Å². The van der Waals surface area contributed by atoms with Crippen LogP contribution in [0.15, 0.2) is 60.8 Å². The van der Waals surface area contributed by atoms with Crippen molar-refractivity contribution < 1.29 is 18.7 Å². The summed E-state index contributed by atoms with van der Waals surface area (Å²) in [6.45, 7) is 0. The molecule has 0 spiro atoms. The van der Waals surface area contributed by atoms with Crippen LogP contribution in [0.5, 0.6) is 11.5 Å². The molecule has 2 N–H and O–H groups in total. The zero-order valence-electron chi connectivity index (χ0n) is 14.8. The van der Waals surface area contributed by atoms with Crippen LogP contribution in [-0.4, -0.2) is 25.1 Å². The molecule has 0 saturated carbocycles. The van der Waals surface area contributed by atoms with Gasteiger partial charge in [-0.25, -0.2) is 9.37 Å². The standard InChI is InChI=1S/C20H18FN3O3/c1-26-17-9-7-15(11-18(17)27-2)23-16-8-10-19(22-12-16)24-20(25)13-3-5-14(21)6-4-13/h3-12,23H,1-2H3,(H,22,24,25). The molecule has 1 heterocycles. The van der Waals surface area contributed by atoms with E-state index in [-0.39, 0.29) is 5.91 Å². The second-order valence-electron chi connectivity index (χ2n) is 5.59. The first-order valence-electron chi connectivity index (χ1n) is 8.11. The highest BCUT2D eigenvalue weighted by Gasteiger charge is 2.08. The average Bonchev–Trinajstić information content (AvgIpc) is 2.69. The Morgan fingerprint density at radius 2 is 1.63 bits per heavy atom. The molecule has 1 amide bonds. The summed E-state index contributed by atoms with van der Waals surface area (Å²) in [5, 5.41) is 5.86. The summed E-state index contributed by atoms with van der Waals surface area (Å²) in [6.07, 6.45) is 1.59. The topological polar surface area (TPSA) is 72.5 Å². The Labute approximate surface area is 156 Å². The van der Waals surface area contributed by atoms with E-state index >= 15 is 0 Å². The molecule has 3 rings (SSSR count). The van der Waals surface area contributed by atoms with Crippen LogP contribution in [0, 0.1) is 5.82 Å². The van der Waals surface area contributed by atoms with Crippen molar-refractivity contribution in [2.75, 3.05) is 24.9 Å². The van der Waals surface area contributed by atoms with Gasteiger partial charge >= 0.3 is 0 Å². The van der Waals surface area contributed by atoms with Crippen LogP contribution in [0.3, 0.4) is 0 Å². The van der Waals surface area contributed by atoms with Crippen molar-refractivity contribution in [3.63, 3.8) is 0 Å². The fourth-order valence-electron chi connectivity index (χ4n) is 2.41. The largest absolute Gasteiger partial charge is 0.493 e. The maximum Gasteiger partial charge on any atom is 0.256 e. The Bertz CT molecular complexity index is 928. The van der Waals surface area contributed by atoms with Gasteiger partial charge in [-0.05, 0) is 48.5 Å². The molecule has 0 radical (unpaired) electrons. The van der Waals surface area contributed by atoms with E-state index in [0.717, 1.165) is 11.4 Å². The highest BCUT2D eigenvalue weighted by atomic mass is 19.1. The number of aromatic nitrogens is 1. The quantitative estimate of drug-likeness (QED) is 0.682. The number of ether oxygens (including phenoxy) is 2. The van der Waals surface area contributed by atoms with E-state index in [0.29, 0.717) is 22.9 Å². The first-order chi connectivity index (χ1) is 13.1. The lowest BCUT2D eigenvalue weighted by Crippen LogP contribution is -2.12. The minimum Gasteiger partial charge on any atom is -0.493 e. The molecular weight excluding hydrogens is 349 g/mol.